The van der Waals surface area contributed by atoms with E-state index in [1.165, 1.54) is 17.3 Å². The number of anilines is 1. The van der Waals surface area contributed by atoms with Gasteiger partial charge in [-0.25, -0.2) is 5.01 Å². The molecule has 0 unspecified atom stereocenters. The summed E-state index contributed by atoms with van der Waals surface area (Å²) in [4.78, 5) is 31.0. The van der Waals surface area contributed by atoms with Gasteiger partial charge in [0.25, 0.3) is 5.91 Å². The number of rotatable bonds is 7. The fraction of sp³-hybridized carbons (Fsp3) is 0.241. The van der Waals surface area contributed by atoms with Gasteiger partial charge in [0.1, 0.15) is 5.25 Å². The summed E-state index contributed by atoms with van der Waals surface area (Å²) in [6.45, 7) is 2.14. The van der Waals surface area contributed by atoms with Crippen LogP contribution in [-0.2, 0) is 16.0 Å². The van der Waals surface area contributed by atoms with Gasteiger partial charge in [-0.1, -0.05) is 79.3 Å². The molecule has 0 bridgehead atoms. The van der Waals surface area contributed by atoms with E-state index in [4.69, 9.17) is 5.10 Å². The lowest BCUT2D eigenvalue weighted by molar-refractivity contribution is -0.121. The summed E-state index contributed by atoms with van der Waals surface area (Å²) in [7, 11) is 0. The molecule has 0 spiro atoms. The van der Waals surface area contributed by atoms with E-state index in [0.717, 1.165) is 33.8 Å². The van der Waals surface area contributed by atoms with Crippen molar-refractivity contribution in [1.29, 1.82) is 0 Å². The van der Waals surface area contributed by atoms with E-state index in [1.807, 2.05) is 65.9 Å². The Kier molecular flexibility index (Phi) is 7.76. The summed E-state index contributed by atoms with van der Waals surface area (Å²) < 4.78 is 0. The minimum atomic E-state index is -0.571. The Labute approximate surface area is 225 Å². The Bertz CT molecular complexity index is 1360. The van der Waals surface area contributed by atoms with Gasteiger partial charge in [0, 0.05) is 23.4 Å². The Morgan fingerprint density at radius 2 is 1.86 bits per heavy atom. The van der Waals surface area contributed by atoms with Gasteiger partial charge in [-0.3, -0.25) is 9.59 Å². The number of hydrogen-bond donors (Lipinski definition) is 1. The topological polar surface area (TPSA) is 74.1 Å². The van der Waals surface area contributed by atoms with Gasteiger partial charge in [-0.05, 0) is 47.6 Å². The molecule has 0 aliphatic carbocycles. The fourth-order valence-electron chi connectivity index (χ4n) is 4.41. The van der Waals surface area contributed by atoms with Crippen molar-refractivity contribution < 1.29 is 9.59 Å². The predicted molar refractivity (Wildman–Crippen MR) is 153 cm³/mol. The summed E-state index contributed by atoms with van der Waals surface area (Å²) >= 11 is 2.93. The van der Waals surface area contributed by atoms with Crippen LogP contribution < -0.4 is 5.32 Å². The molecule has 188 valence electrons. The van der Waals surface area contributed by atoms with Gasteiger partial charge in [-0.15, -0.1) is 11.8 Å². The predicted octanol–water partition coefficient (Wildman–Crippen LogP) is 6.15. The van der Waals surface area contributed by atoms with Crippen molar-refractivity contribution in [2.24, 2.45) is 10.1 Å². The Hall–Kier alpha value is -3.36. The van der Waals surface area contributed by atoms with Crippen LogP contribution in [0.5, 0.6) is 0 Å². The maximum atomic E-state index is 12.8. The third kappa shape index (κ3) is 5.81. The van der Waals surface area contributed by atoms with Gasteiger partial charge in [0.15, 0.2) is 5.17 Å². The number of hydrazone groups is 1. The Morgan fingerprint density at radius 1 is 1.08 bits per heavy atom. The molecule has 0 radical (unpaired) electrons. The minimum Gasteiger partial charge on any atom is -0.326 e. The standard InChI is InChI=1S/C29H28N4O2S2/c1-3-19-12-14-21(15-13-19)25-17-24(20-8-5-4-6-9-20)32-33(25)29-31-28(35)26(37-29)18-27(34)30-22-10-7-11-23(16-22)36-2/h4-16,25-26H,3,17-18H2,1-2H3,(H,30,34)/t25-,26-/m1/s1. The van der Waals surface area contributed by atoms with E-state index in [1.54, 1.807) is 11.8 Å². The van der Waals surface area contributed by atoms with Crippen LogP contribution >= 0.6 is 23.5 Å². The minimum absolute atomic E-state index is 0.0545. The number of amides is 2. The number of benzene rings is 3. The lowest BCUT2D eigenvalue weighted by Gasteiger charge is -2.23. The largest absolute Gasteiger partial charge is 0.326 e. The molecule has 3 aromatic carbocycles. The van der Waals surface area contributed by atoms with E-state index in [-0.39, 0.29) is 24.3 Å². The summed E-state index contributed by atoms with van der Waals surface area (Å²) in [5, 5.41) is 9.67. The highest BCUT2D eigenvalue weighted by molar-refractivity contribution is 8.15. The number of nitrogens with one attached hydrogen (secondary N) is 1. The number of amidine groups is 1. The van der Waals surface area contributed by atoms with Crippen molar-refractivity contribution >= 4 is 51.9 Å². The van der Waals surface area contributed by atoms with Gasteiger partial charge >= 0.3 is 0 Å². The number of carbonyl (C=O) groups excluding carboxylic acids is 2. The van der Waals surface area contributed by atoms with Crippen molar-refractivity contribution in [1.82, 2.24) is 5.01 Å². The molecule has 2 aliphatic rings. The average molecular weight is 529 g/mol. The monoisotopic (exact) mass is 528 g/mol. The van der Waals surface area contributed by atoms with Crippen molar-refractivity contribution in [3.63, 3.8) is 0 Å². The fourth-order valence-corrected chi connectivity index (χ4v) is 5.93. The van der Waals surface area contributed by atoms with Gasteiger partial charge < -0.3 is 5.32 Å². The Morgan fingerprint density at radius 3 is 2.59 bits per heavy atom. The lowest BCUT2D eigenvalue weighted by Crippen LogP contribution is -2.25. The molecule has 6 nitrogen and oxygen atoms in total. The molecule has 2 aliphatic heterocycles. The number of aliphatic imine (C=N–C) groups is 1. The van der Waals surface area contributed by atoms with Crippen molar-refractivity contribution in [2.45, 2.75) is 42.4 Å². The van der Waals surface area contributed by atoms with Crippen molar-refractivity contribution in [2.75, 3.05) is 11.6 Å². The second-order valence-electron chi connectivity index (χ2n) is 8.90. The number of thioether (sulfide) groups is 2. The quantitative estimate of drug-likeness (QED) is 0.373. The summed E-state index contributed by atoms with van der Waals surface area (Å²) in [5.41, 5.74) is 5.13. The zero-order chi connectivity index (χ0) is 25.8. The summed E-state index contributed by atoms with van der Waals surface area (Å²) in [6, 6.07) is 26.2. The second-order valence-corrected chi connectivity index (χ2v) is 10.9. The summed E-state index contributed by atoms with van der Waals surface area (Å²) in [6.07, 6.45) is 3.73. The van der Waals surface area contributed by atoms with E-state index in [9.17, 15) is 9.59 Å². The van der Waals surface area contributed by atoms with Gasteiger partial charge in [0.2, 0.25) is 5.91 Å². The molecule has 5 rings (SSSR count). The van der Waals surface area contributed by atoms with E-state index in [0.29, 0.717) is 11.6 Å². The first-order chi connectivity index (χ1) is 18.0. The molecule has 3 aromatic rings. The highest BCUT2D eigenvalue weighted by Gasteiger charge is 2.39. The molecule has 0 fully saturated rings. The highest BCUT2D eigenvalue weighted by Crippen LogP contribution is 2.38. The molecule has 0 saturated carbocycles. The van der Waals surface area contributed by atoms with Crippen LogP contribution in [0.1, 0.15) is 42.5 Å². The zero-order valence-electron chi connectivity index (χ0n) is 20.8. The molecular formula is C29H28N4O2S2. The van der Waals surface area contributed by atoms with Crippen LogP contribution in [0.2, 0.25) is 0 Å². The summed E-state index contributed by atoms with van der Waals surface area (Å²) in [5.74, 6) is -0.501. The smallest absolute Gasteiger partial charge is 0.262 e. The Balaban J connectivity index is 1.33. The lowest BCUT2D eigenvalue weighted by atomic mass is 9.97. The molecule has 2 amide bonds. The molecule has 0 saturated heterocycles. The average Bonchev–Trinajstić information content (AvgIpc) is 3.53. The molecule has 0 aromatic heterocycles. The van der Waals surface area contributed by atoms with Crippen LogP contribution in [0.3, 0.4) is 0 Å². The van der Waals surface area contributed by atoms with Crippen LogP contribution in [0, 0.1) is 0 Å². The third-order valence-corrected chi connectivity index (χ3v) is 8.31. The van der Waals surface area contributed by atoms with Crippen LogP contribution in [0.15, 0.2) is 93.9 Å². The maximum absolute atomic E-state index is 12.8. The molecule has 2 atom stereocenters. The second kappa shape index (κ2) is 11.4. The van der Waals surface area contributed by atoms with Gasteiger partial charge in [0.05, 0.1) is 11.8 Å². The third-order valence-electron chi connectivity index (χ3n) is 6.44. The molecule has 37 heavy (non-hydrogen) atoms. The van der Waals surface area contributed by atoms with Crippen molar-refractivity contribution in [3.05, 3.63) is 95.6 Å². The first-order valence-corrected chi connectivity index (χ1v) is 14.4. The van der Waals surface area contributed by atoms with Crippen LogP contribution in [0.25, 0.3) is 0 Å². The van der Waals surface area contributed by atoms with Crippen LogP contribution in [-0.4, -0.2) is 39.2 Å². The molecule has 1 N–H and O–H groups in total. The SMILES string of the molecule is CCc1ccc([C@H]2CC(c3ccccc3)=NN2C2=NC(=O)[C@@H](CC(=O)Nc3cccc(SC)c3)S2)cc1. The first kappa shape index (κ1) is 25.3. The van der Waals surface area contributed by atoms with E-state index < -0.39 is 5.25 Å². The zero-order valence-corrected chi connectivity index (χ0v) is 22.4. The number of nitrogens with zero attached hydrogens (tertiary/aromatic N) is 3. The van der Waals surface area contributed by atoms with Crippen molar-refractivity contribution in [3.8, 4) is 0 Å². The number of aryl methyl sites for hydroxylation is 1. The number of hydrogen-bond acceptors (Lipinski definition) is 6. The first-order valence-electron chi connectivity index (χ1n) is 12.3. The maximum Gasteiger partial charge on any atom is 0.262 e. The normalized spacial score (nSPS) is 19.1. The van der Waals surface area contributed by atoms with Crippen LogP contribution in [0.4, 0.5) is 5.69 Å². The molecule has 8 heteroatoms. The molecule has 2 heterocycles. The molecular weight excluding hydrogens is 500 g/mol. The van der Waals surface area contributed by atoms with E-state index in [2.05, 4.69) is 41.5 Å². The highest BCUT2D eigenvalue weighted by atomic mass is 32.2. The number of carbonyl (C=O) groups is 2. The van der Waals surface area contributed by atoms with Gasteiger partial charge in [-0.2, -0.15) is 10.1 Å². The van der Waals surface area contributed by atoms with E-state index >= 15 is 0 Å².